The standard InChI is InChI=1S/C38H56O5/c1-24(2)25(3)35(5)18-19-36(6)27-14-15-30-34(4)20-29(41-8)32(39)38(30,23-42-22-34)28(27)16-17-37(36,7)31(35)33(40)43-21-26-12-10-9-11-13-26/h9-13,16,24-25,27,29-32,39H,14-15,17-23H2,1-8H3/t25-,27+,29-,30-,31-,32+,34-,35-,36-,37+,38+/m1/s1. The molecule has 1 aromatic carbocycles. The van der Waals surface area contributed by atoms with Crippen molar-refractivity contribution in [1.82, 2.24) is 0 Å². The lowest BCUT2D eigenvalue weighted by atomic mass is 9.34. The first kappa shape index (κ1) is 31.3. The highest BCUT2D eigenvalue weighted by Gasteiger charge is 2.72. The van der Waals surface area contributed by atoms with Gasteiger partial charge in [0.2, 0.25) is 0 Å². The normalized spacial score (nSPS) is 46.2. The highest BCUT2D eigenvalue weighted by atomic mass is 16.5. The third-order valence-electron chi connectivity index (χ3n) is 14.5. The number of esters is 1. The van der Waals surface area contributed by atoms with Crippen LogP contribution in [0.3, 0.4) is 0 Å². The van der Waals surface area contributed by atoms with Crippen molar-refractivity contribution in [2.45, 2.75) is 106 Å². The predicted octanol–water partition coefficient (Wildman–Crippen LogP) is 7.61. The smallest absolute Gasteiger partial charge is 0.310 e. The molecule has 5 nitrogen and oxygen atoms in total. The highest BCUT2D eigenvalue weighted by Crippen LogP contribution is 2.75. The monoisotopic (exact) mass is 592 g/mol. The molecular formula is C38H56O5. The number of hydrogen-bond acceptors (Lipinski definition) is 5. The topological polar surface area (TPSA) is 65.0 Å². The number of rotatable bonds is 6. The van der Waals surface area contributed by atoms with E-state index in [1.54, 1.807) is 7.11 Å². The molecule has 238 valence electrons. The van der Waals surface area contributed by atoms with E-state index in [1.807, 2.05) is 30.3 Å². The molecule has 4 aliphatic carbocycles. The van der Waals surface area contributed by atoms with Crippen LogP contribution in [0, 0.1) is 56.7 Å². The Morgan fingerprint density at radius 2 is 1.74 bits per heavy atom. The minimum Gasteiger partial charge on any atom is -0.461 e. The molecule has 1 saturated heterocycles. The Balaban J connectivity index is 1.43. The van der Waals surface area contributed by atoms with Gasteiger partial charge in [-0.25, -0.2) is 0 Å². The zero-order valence-corrected chi connectivity index (χ0v) is 27.9. The average molecular weight is 593 g/mol. The summed E-state index contributed by atoms with van der Waals surface area (Å²) < 4.78 is 18.6. The largest absolute Gasteiger partial charge is 0.461 e. The van der Waals surface area contributed by atoms with Gasteiger partial charge in [0.25, 0.3) is 0 Å². The Morgan fingerprint density at radius 3 is 2.42 bits per heavy atom. The van der Waals surface area contributed by atoms with Gasteiger partial charge in [-0.1, -0.05) is 90.4 Å². The first-order chi connectivity index (χ1) is 20.3. The molecule has 5 heteroatoms. The molecule has 0 aromatic heterocycles. The number of aliphatic hydroxyl groups excluding tert-OH is 1. The maximum atomic E-state index is 14.5. The highest BCUT2D eigenvalue weighted by molar-refractivity contribution is 5.75. The molecule has 1 aliphatic heterocycles. The summed E-state index contributed by atoms with van der Waals surface area (Å²) in [5.74, 6) is 1.25. The fourth-order valence-corrected chi connectivity index (χ4v) is 11.6. The van der Waals surface area contributed by atoms with Gasteiger partial charge in [0, 0.05) is 12.5 Å². The van der Waals surface area contributed by atoms with Crippen LogP contribution in [0.5, 0.6) is 0 Å². The maximum absolute atomic E-state index is 14.5. The predicted molar refractivity (Wildman–Crippen MR) is 169 cm³/mol. The third-order valence-corrected chi connectivity index (χ3v) is 14.5. The van der Waals surface area contributed by atoms with Crippen molar-refractivity contribution < 1.29 is 24.1 Å². The summed E-state index contributed by atoms with van der Waals surface area (Å²) in [6.07, 6.45) is 7.62. The van der Waals surface area contributed by atoms with Crippen molar-refractivity contribution >= 4 is 5.97 Å². The molecular weight excluding hydrogens is 536 g/mol. The van der Waals surface area contributed by atoms with Crippen LogP contribution >= 0.6 is 0 Å². The summed E-state index contributed by atoms with van der Waals surface area (Å²) in [7, 11) is 1.75. The Morgan fingerprint density at radius 1 is 1.02 bits per heavy atom. The van der Waals surface area contributed by atoms with E-state index in [-0.39, 0.29) is 39.7 Å². The van der Waals surface area contributed by atoms with Crippen molar-refractivity contribution in [2.24, 2.45) is 56.7 Å². The summed E-state index contributed by atoms with van der Waals surface area (Å²) in [4.78, 5) is 14.5. The number of allylic oxidation sites excluding steroid dienone is 1. The van der Waals surface area contributed by atoms with Gasteiger partial charge in [0.1, 0.15) is 6.61 Å². The molecule has 0 spiro atoms. The number of methoxy groups -OCH3 is 1. The Kier molecular flexibility index (Phi) is 7.79. The fraction of sp³-hybridized carbons (Fsp3) is 0.763. The summed E-state index contributed by atoms with van der Waals surface area (Å²) in [5, 5.41) is 12.1. The summed E-state index contributed by atoms with van der Waals surface area (Å²) in [6, 6.07) is 10.1. The Bertz CT molecular complexity index is 1240. The second-order valence-electron chi connectivity index (χ2n) is 16.6. The molecule has 1 heterocycles. The number of fused-ring (bicyclic) bond motifs is 3. The van der Waals surface area contributed by atoms with E-state index in [0.717, 1.165) is 50.7 Å². The molecule has 2 bridgehead atoms. The van der Waals surface area contributed by atoms with Crippen LogP contribution in [-0.4, -0.2) is 43.6 Å². The molecule has 4 fully saturated rings. The van der Waals surface area contributed by atoms with E-state index >= 15 is 0 Å². The number of benzene rings is 1. The second-order valence-corrected chi connectivity index (χ2v) is 16.6. The summed E-state index contributed by atoms with van der Waals surface area (Å²) in [5.41, 5.74) is 1.46. The summed E-state index contributed by atoms with van der Waals surface area (Å²) >= 11 is 0. The number of carbonyl (C=O) groups is 1. The average Bonchev–Trinajstić information content (AvgIpc) is 2.98. The van der Waals surface area contributed by atoms with Gasteiger partial charge in [-0.3, -0.25) is 4.79 Å². The van der Waals surface area contributed by atoms with Crippen LogP contribution in [0.2, 0.25) is 0 Å². The molecule has 3 saturated carbocycles. The molecule has 0 unspecified atom stereocenters. The first-order valence-electron chi connectivity index (χ1n) is 17.0. The zero-order valence-electron chi connectivity index (χ0n) is 27.9. The van der Waals surface area contributed by atoms with Gasteiger partial charge in [0.05, 0.1) is 31.3 Å². The van der Waals surface area contributed by atoms with E-state index in [9.17, 15) is 9.90 Å². The van der Waals surface area contributed by atoms with Gasteiger partial charge in [-0.15, -0.1) is 0 Å². The number of ether oxygens (including phenoxy) is 3. The summed E-state index contributed by atoms with van der Waals surface area (Å²) in [6.45, 7) is 18.2. The van der Waals surface area contributed by atoms with Gasteiger partial charge in [-0.05, 0) is 89.4 Å². The van der Waals surface area contributed by atoms with Crippen molar-refractivity contribution in [2.75, 3.05) is 20.3 Å². The molecule has 11 atom stereocenters. The maximum Gasteiger partial charge on any atom is 0.310 e. The van der Waals surface area contributed by atoms with Crippen LogP contribution < -0.4 is 0 Å². The van der Waals surface area contributed by atoms with E-state index < -0.39 is 11.5 Å². The van der Waals surface area contributed by atoms with Gasteiger partial charge in [0.15, 0.2) is 0 Å². The van der Waals surface area contributed by atoms with E-state index in [1.165, 1.54) is 5.57 Å². The number of hydrogen-bond donors (Lipinski definition) is 1. The lowest BCUT2D eigenvalue weighted by Crippen LogP contribution is -2.70. The molecule has 0 amide bonds. The minimum atomic E-state index is -0.584. The van der Waals surface area contributed by atoms with Crippen molar-refractivity contribution in [3.63, 3.8) is 0 Å². The van der Waals surface area contributed by atoms with Crippen LogP contribution in [-0.2, 0) is 25.6 Å². The van der Waals surface area contributed by atoms with Gasteiger partial charge < -0.3 is 19.3 Å². The lowest BCUT2D eigenvalue weighted by Gasteiger charge is -2.71. The Hall–Kier alpha value is -1.69. The molecule has 5 aliphatic rings. The van der Waals surface area contributed by atoms with E-state index in [4.69, 9.17) is 14.2 Å². The van der Waals surface area contributed by atoms with E-state index in [2.05, 4.69) is 54.5 Å². The Labute approximate surface area is 260 Å². The molecule has 0 radical (unpaired) electrons. The van der Waals surface area contributed by atoms with Crippen LogP contribution in [0.4, 0.5) is 0 Å². The first-order valence-corrected chi connectivity index (χ1v) is 17.0. The second kappa shape index (κ2) is 10.7. The van der Waals surface area contributed by atoms with E-state index in [0.29, 0.717) is 36.9 Å². The molecule has 1 aromatic rings. The van der Waals surface area contributed by atoms with Crippen LogP contribution in [0.1, 0.15) is 92.6 Å². The van der Waals surface area contributed by atoms with Crippen LogP contribution in [0.25, 0.3) is 0 Å². The van der Waals surface area contributed by atoms with Crippen molar-refractivity contribution in [3.8, 4) is 0 Å². The molecule has 1 N–H and O–H groups in total. The van der Waals surface area contributed by atoms with Crippen molar-refractivity contribution in [1.29, 1.82) is 0 Å². The fourth-order valence-electron chi connectivity index (χ4n) is 11.6. The number of carbonyl (C=O) groups excluding carboxylic acids is 1. The molecule has 6 rings (SSSR count). The number of aliphatic hydroxyl groups is 1. The SMILES string of the molecule is CO[C@@H]1C[C@]2(C)COC[C@@]3(C4=CC[C@@]5(C)[C@H](C(=O)OCc6ccccc6)[C@@](C)([C@H](C)C(C)C)CC[C@]5(C)[C@H]4CC[C@H]23)[C@H]1O. The zero-order chi connectivity index (χ0) is 31.0. The van der Waals surface area contributed by atoms with Crippen molar-refractivity contribution in [3.05, 3.63) is 47.5 Å². The lowest BCUT2D eigenvalue weighted by molar-refractivity contribution is -0.258. The van der Waals surface area contributed by atoms with Gasteiger partial charge >= 0.3 is 5.97 Å². The van der Waals surface area contributed by atoms with Gasteiger partial charge in [-0.2, -0.15) is 0 Å². The van der Waals surface area contributed by atoms with Crippen LogP contribution in [0.15, 0.2) is 42.0 Å². The minimum absolute atomic E-state index is 0.00671. The molecule has 43 heavy (non-hydrogen) atoms. The quantitative estimate of drug-likeness (QED) is 0.272. The third kappa shape index (κ3) is 4.30.